The third-order valence-electron chi connectivity index (χ3n) is 4.61. The summed E-state index contributed by atoms with van der Waals surface area (Å²) in [5.41, 5.74) is -0.751. The molecular weight excluding hydrogens is 240 g/mol. The normalized spacial score (nSPS) is 28.6. The van der Waals surface area contributed by atoms with Gasteiger partial charge in [0.15, 0.2) is 0 Å². The number of hydrogen-bond acceptors (Lipinski definition) is 3. The number of rotatable bonds is 6. The summed E-state index contributed by atoms with van der Waals surface area (Å²) in [7, 11) is 0. The van der Waals surface area contributed by atoms with Gasteiger partial charge >= 0.3 is 5.97 Å². The Bertz CT molecular complexity index is 317. The van der Waals surface area contributed by atoms with Crippen molar-refractivity contribution in [2.24, 2.45) is 5.92 Å². The fourth-order valence-corrected chi connectivity index (χ4v) is 2.85. The Hall–Kier alpha value is -0.610. The fraction of sp³-hybridized carbons (Fsp3) is 0.933. The maximum absolute atomic E-state index is 11.5. The number of carbonyl (C=O) groups is 1. The zero-order valence-corrected chi connectivity index (χ0v) is 12.3. The van der Waals surface area contributed by atoms with Gasteiger partial charge in [-0.25, -0.2) is 0 Å². The number of hydrogen-bond donors (Lipinski definition) is 2. The molecular formula is C15H28N2O2. The van der Waals surface area contributed by atoms with Crippen LogP contribution < -0.4 is 5.32 Å². The minimum Gasteiger partial charge on any atom is -0.480 e. The average molecular weight is 268 g/mol. The Morgan fingerprint density at radius 2 is 2.05 bits per heavy atom. The molecule has 19 heavy (non-hydrogen) atoms. The molecule has 1 saturated carbocycles. The number of carboxylic acids is 1. The zero-order chi connectivity index (χ0) is 13.9. The van der Waals surface area contributed by atoms with Crippen molar-refractivity contribution in [1.29, 1.82) is 0 Å². The number of likely N-dealkylation sites (tertiary alicyclic amines) is 1. The monoisotopic (exact) mass is 268 g/mol. The van der Waals surface area contributed by atoms with Crippen molar-refractivity contribution in [1.82, 2.24) is 10.2 Å². The van der Waals surface area contributed by atoms with Crippen molar-refractivity contribution in [3.63, 3.8) is 0 Å². The summed E-state index contributed by atoms with van der Waals surface area (Å²) >= 11 is 0. The molecule has 110 valence electrons. The lowest BCUT2D eigenvalue weighted by Gasteiger charge is -2.30. The highest BCUT2D eigenvalue weighted by molar-refractivity contribution is 5.78. The highest BCUT2D eigenvalue weighted by Gasteiger charge is 2.38. The second kappa shape index (κ2) is 6.23. The third-order valence-corrected chi connectivity index (χ3v) is 4.61. The lowest BCUT2D eigenvalue weighted by atomic mass is 9.97. The molecule has 2 aliphatic rings. The molecule has 4 nitrogen and oxygen atoms in total. The summed E-state index contributed by atoms with van der Waals surface area (Å²) in [4.78, 5) is 13.9. The van der Waals surface area contributed by atoms with Crippen LogP contribution in [0, 0.1) is 5.92 Å². The summed E-state index contributed by atoms with van der Waals surface area (Å²) in [5.74, 6) is 0.114. The van der Waals surface area contributed by atoms with Gasteiger partial charge in [0.2, 0.25) is 0 Å². The Morgan fingerprint density at radius 1 is 1.32 bits per heavy atom. The summed E-state index contributed by atoms with van der Waals surface area (Å²) in [6, 6.07) is 0.435. The van der Waals surface area contributed by atoms with Crippen LogP contribution in [-0.4, -0.2) is 47.2 Å². The van der Waals surface area contributed by atoms with Crippen molar-refractivity contribution >= 4 is 5.97 Å². The Kier molecular flexibility index (Phi) is 4.85. The summed E-state index contributed by atoms with van der Waals surface area (Å²) in [6.45, 7) is 7.31. The van der Waals surface area contributed by atoms with Crippen molar-refractivity contribution < 1.29 is 9.90 Å². The first kappa shape index (κ1) is 14.8. The van der Waals surface area contributed by atoms with E-state index in [-0.39, 0.29) is 0 Å². The van der Waals surface area contributed by atoms with Gasteiger partial charge < -0.3 is 10.0 Å². The number of aliphatic carboxylic acids is 1. The van der Waals surface area contributed by atoms with Crippen molar-refractivity contribution in [3.05, 3.63) is 0 Å². The molecule has 0 aromatic carbocycles. The minimum absolute atomic E-state index is 0.435. The highest BCUT2D eigenvalue weighted by atomic mass is 16.4. The molecule has 0 aromatic heterocycles. The van der Waals surface area contributed by atoms with Crippen LogP contribution in [0.25, 0.3) is 0 Å². The van der Waals surface area contributed by atoms with Crippen molar-refractivity contribution in [2.75, 3.05) is 19.6 Å². The van der Waals surface area contributed by atoms with Gasteiger partial charge in [0, 0.05) is 12.6 Å². The number of nitrogens with zero attached hydrogens (tertiary/aromatic N) is 1. The molecule has 2 rings (SSSR count). The summed E-state index contributed by atoms with van der Waals surface area (Å²) < 4.78 is 0. The van der Waals surface area contributed by atoms with E-state index in [2.05, 4.69) is 17.1 Å². The molecule has 1 heterocycles. The topological polar surface area (TPSA) is 52.6 Å². The predicted molar refractivity (Wildman–Crippen MR) is 76.3 cm³/mol. The molecule has 2 fully saturated rings. The molecule has 0 aromatic rings. The molecule has 2 N–H and O–H groups in total. The van der Waals surface area contributed by atoms with Crippen molar-refractivity contribution in [3.8, 4) is 0 Å². The lowest BCUT2D eigenvalue weighted by molar-refractivity contribution is -0.144. The van der Waals surface area contributed by atoms with E-state index in [1.165, 1.54) is 19.3 Å². The first-order valence-electron chi connectivity index (χ1n) is 7.73. The molecule has 1 aliphatic carbocycles. The van der Waals surface area contributed by atoms with Gasteiger partial charge in [0.25, 0.3) is 0 Å². The van der Waals surface area contributed by atoms with E-state index >= 15 is 0 Å². The van der Waals surface area contributed by atoms with Gasteiger partial charge in [0.1, 0.15) is 5.54 Å². The Morgan fingerprint density at radius 3 is 2.68 bits per heavy atom. The number of carboxylic acid groups (broad SMARTS) is 1. The van der Waals surface area contributed by atoms with Crippen LogP contribution in [0.1, 0.15) is 52.4 Å². The van der Waals surface area contributed by atoms with Crippen LogP contribution in [0.3, 0.4) is 0 Å². The molecule has 1 saturated heterocycles. The van der Waals surface area contributed by atoms with Gasteiger partial charge in [-0.1, -0.05) is 6.92 Å². The molecule has 0 amide bonds. The van der Waals surface area contributed by atoms with Crippen molar-refractivity contribution in [2.45, 2.75) is 64.0 Å². The third kappa shape index (κ3) is 4.46. The van der Waals surface area contributed by atoms with E-state index in [0.717, 1.165) is 38.4 Å². The van der Waals surface area contributed by atoms with Gasteiger partial charge in [-0.3, -0.25) is 10.1 Å². The fourth-order valence-electron chi connectivity index (χ4n) is 2.85. The molecule has 0 bridgehead atoms. The molecule has 2 unspecified atom stereocenters. The predicted octanol–water partition coefficient (Wildman–Crippen LogP) is 2.09. The van der Waals surface area contributed by atoms with E-state index in [4.69, 9.17) is 0 Å². The highest BCUT2D eigenvalue weighted by Crippen LogP contribution is 2.25. The van der Waals surface area contributed by atoms with Gasteiger partial charge in [-0.05, 0) is 64.5 Å². The minimum atomic E-state index is -0.751. The summed E-state index contributed by atoms with van der Waals surface area (Å²) in [6.07, 6.45) is 6.77. The van der Waals surface area contributed by atoms with E-state index in [0.29, 0.717) is 12.5 Å². The maximum atomic E-state index is 11.5. The summed E-state index contributed by atoms with van der Waals surface area (Å²) in [5, 5.41) is 12.8. The largest absolute Gasteiger partial charge is 0.480 e. The first-order chi connectivity index (χ1) is 8.99. The van der Waals surface area contributed by atoms with Crippen LogP contribution in [0.15, 0.2) is 0 Å². The SMILES string of the molecule is CC1CCCN(CCC(C)(NC2CC2)C(=O)O)CC1. The quantitative estimate of drug-likeness (QED) is 0.774. The van der Waals surface area contributed by atoms with Gasteiger partial charge in [-0.15, -0.1) is 0 Å². The second-order valence-electron chi connectivity index (χ2n) is 6.68. The van der Waals surface area contributed by atoms with E-state index in [1.807, 2.05) is 6.92 Å². The van der Waals surface area contributed by atoms with E-state index in [1.54, 1.807) is 0 Å². The smallest absolute Gasteiger partial charge is 0.323 e. The maximum Gasteiger partial charge on any atom is 0.323 e. The Balaban J connectivity index is 1.82. The van der Waals surface area contributed by atoms with E-state index in [9.17, 15) is 9.90 Å². The van der Waals surface area contributed by atoms with E-state index < -0.39 is 11.5 Å². The molecule has 1 aliphatic heterocycles. The van der Waals surface area contributed by atoms with Crippen LogP contribution in [-0.2, 0) is 4.79 Å². The molecule has 2 atom stereocenters. The van der Waals surface area contributed by atoms with Crippen LogP contribution >= 0.6 is 0 Å². The lowest BCUT2D eigenvalue weighted by Crippen LogP contribution is -2.52. The van der Waals surface area contributed by atoms with Gasteiger partial charge in [0.05, 0.1) is 0 Å². The second-order valence-corrected chi connectivity index (χ2v) is 6.68. The van der Waals surface area contributed by atoms with Crippen LogP contribution in [0.4, 0.5) is 0 Å². The van der Waals surface area contributed by atoms with Crippen LogP contribution in [0.5, 0.6) is 0 Å². The van der Waals surface area contributed by atoms with Gasteiger partial charge in [-0.2, -0.15) is 0 Å². The number of nitrogens with one attached hydrogen (secondary N) is 1. The average Bonchev–Trinajstić information content (AvgIpc) is 3.16. The molecule has 4 heteroatoms. The van der Waals surface area contributed by atoms with Crippen LogP contribution in [0.2, 0.25) is 0 Å². The Labute approximate surface area is 116 Å². The first-order valence-corrected chi connectivity index (χ1v) is 7.73. The standard InChI is InChI=1S/C15H28N2O2/c1-12-4-3-9-17(10-7-12)11-8-15(2,14(18)19)16-13-5-6-13/h12-13,16H,3-11H2,1-2H3,(H,18,19). The molecule has 0 radical (unpaired) electrons. The zero-order valence-electron chi connectivity index (χ0n) is 12.3. The molecule has 0 spiro atoms.